The molecule has 0 saturated heterocycles. The van der Waals surface area contributed by atoms with E-state index in [1.54, 1.807) is 6.07 Å². The van der Waals surface area contributed by atoms with Crippen molar-refractivity contribution in [2.75, 3.05) is 0 Å². The number of para-hydroxylation sites is 1. The molecule has 0 N–H and O–H groups in total. The van der Waals surface area contributed by atoms with Crippen LogP contribution in [0.15, 0.2) is 76.7 Å². The Morgan fingerprint density at radius 3 is 2.29 bits per heavy atom. The fourth-order valence-corrected chi connectivity index (χ4v) is 4.14. The SMILES string of the molecule is FC(F)(F)c1cccc2c1-c1cc3cc4c(cc3cc1=N2)N=c1ccccc1=4. The largest absolute Gasteiger partial charge is 0.417 e. The molecule has 0 aliphatic carbocycles. The number of hydrogen-bond acceptors (Lipinski definition) is 2. The third-order valence-corrected chi connectivity index (χ3v) is 5.36. The summed E-state index contributed by atoms with van der Waals surface area (Å²) in [6, 6.07) is 19.7. The number of alkyl halides is 3. The van der Waals surface area contributed by atoms with E-state index in [1.165, 1.54) is 6.07 Å². The Hall–Kier alpha value is -3.47. The highest BCUT2D eigenvalue weighted by Crippen LogP contribution is 2.44. The lowest BCUT2D eigenvalue weighted by atomic mass is 9.96. The summed E-state index contributed by atoms with van der Waals surface area (Å²) in [5, 5.41) is 5.32. The molecular formula is C23H11F3N2. The average Bonchev–Trinajstić information content (AvgIpc) is 3.20. The Morgan fingerprint density at radius 2 is 1.43 bits per heavy atom. The predicted octanol–water partition coefficient (Wildman–Crippen LogP) is 5.34. The van der Waals surface area contributed by atoms with Crippen LogP contribution in [0.1, 0.15) is 5.56 Å². The summed E-state index contributed by atoms with van der Waals surface area (Å²) in [4.78, 5) is 9.11. The van der Waals surface area contributed by atoms with Crippen LogP contribution in [-0.2, 0) is 6.18 Å². The Balaban J connectivity index is 1.70. The van der Waals surface area contributed by atoms with Gasteiger partial charge in [-0.2, -0.15) is 13.2 Å². The van der Waals surface area contributed by atoms with Gasteiger partial charge in [-0.1, -0.05) is 24.3 Å². The molecule has 134 valence electrons. The number of fused-ring (bicyclic) bond motifs is 6. The number of benzene rings is 4. The summed E-state index contributed by atoms with van der Waals surface area (Å²) in [6.07, 6.45) is -4.42. The van der Waals surface area contributed by atoms with Gasteiger partial charge in [0, 0.05) is 21.6 Å². The van der Waals surface area contributed by atoms with Crippen molar-refractivity contribution < 1.29 is 13.2 Å². The minimum Gasteiger partial charge on any atom is -0.248 e. The molecule has 2 heterocycles. The zero-order valence-electron chi connectivity index (χ0n) is 14.4. The normalized spacial score (nSPS) is 13.4. The highest BCUT2D eigenvalue weighted by atomic mass is 19.4. The van der Waals surface area contributed by atoms with E-state index in [-0.39, 0.29) is 5.56 Å². The summed E-state index contributed by atoms with van der Waals surface area (Å²) in [5.41, 5.74) is 1.28. The molecule has 0 radical (unpaired) electrons. The van der Waals surface area contributed by atoms with Crippen LogP contribution in [0.25, 0.3) is 21.9 Å². The number of rotatable bonds is 0. The van der Waals surface area contributed by atoms with Gasteiger partial charge in [0.2, 0.25) is 0 Å². The highest BCUT2D eigenvalue weighted by Gasteiger charge is 2.36. The Bertz CT molecular complexity index is 1550. The van der Waals surface area contributed by atoms with Crippen LogP contribution < -0.4 is 10.7 Å². The van der Waals surface area contributed by atoms with E-state index in [1.807, 2.05) is 48.5 Å². The van der Waals surface area contributed by atoms with E-state index < -0.39 is 11.7 Å². The van der Waals surface area contributed by atoms with E-state index in [9.17, 15) is 13.2 Å². The zero-order chi connectivity index (χ0) is 19.0. The second kappa shape index (κ2) is 5.07. The number of hydrogen-bond donors (Lipinski definition) is 0. The van der Waals surface area contributed by atoms with E-state index in [2.05, 4.69) is 9.98 Å². The van der Waals surface area contributed by atoms with Gasteiger partial charge in [0.25, 0.3) is 0 Å². The molecule has 2 aliphatic heterocycles. The third kappa shape index (κ3) is 2.04. The van der Waals surface area contributed by atoms with Gasteiger partial charge in [-0.25, -0.2) is 9.98 Å². The first kappa shape index (κ1) is 15.6. The van der Waals surface area contributed by atoms with Crippen molar-refractivity contribution in [1.29, 1.82) is 0 Å². The molecule has 4 aromatic rings. The summed E-state index contributed by atoms with van der Waals surface area (Å²) in [6.45, 7) is 0. The van der Waals surface area contributed by atoms with Crippen molar-refractivity contribution in [2.45, 2.75) is 6.18 Å². The number of nitrogens with zero attached hydrogens (tertiary/aromatic N) is 2. The fourth-order valence-electron chi connectivity index (χ4n) is 4.14. The quantitative estimate of drug-likeness (QED) is 0.344. The maximum absolute atomic E-state index is 13.5. The lowest BCUT2D eigenvalue weighted by Gasteiger charge is -2.12. The van der Waals surface area contributed by atoms with Gasteiger partial charge in [0.1, 0.15) is 0 Å². The molecule has 0 fully saturated rings. The van der Waals surface area contributed by atoms with E-state index >= 15 is 0 Å². The minimum absolute atomic E-state index is 0.164. The number of halogens is 3. The molecule has 2 aliphatic rings. The highest BCUT2D eigenvalue weighted by molar-refractivity contribution is 5.93. The summed E-state index contributed by atoms with van der Waals surface area (Å²) >= 11 is 0. The molecule has 2 nitrogen and oxygen atoms in total. The molecule has 0 saturated carbocycles. The van der Waals surface area contributed by atoms with Crippen molar-refractivity contribution in [3.8, 4) is 11.1 Å². The van der Waals surface area contributed by atoms with Gasteiger partial charge in [0.05, 0.1) is 27.7 Å². The molecule has 0 spiro atoms. The van der Waals surface area contributed by atoms with Crippen LogP contribution in [0.5, 0.6) is 0 Å². The van der Waals surface area contributed by atoms with Crippen molar-refractivity contribution in [3.63, 3.8) is 0 Å². The third-order valence-electron chi connectivity index (χ3n) is 5.36. The smallest absolute Gasteiger partial charge is 0.248 e. The van der Waals surface area contributed by atoms with Crippen LogP contribution in [0, 0.1) is 10.4 Å². The monoisotopic (exact) mass is 372 g/mol. The van der Waals surface area contributed by atoms with Crippen LogP contribution >= 0.6 is 0 Å². The van der Waals surface area contributed by atoms with Crippen molar-refractivity contribution in [2.24, 2.45) is 9.98 Å². The lowest BCUT2D eigenvalue weighted by molar-refractivity contribution is -0.137. The molecule has 28 heavy (non-hydrogen) atoms. The van der Waals surface area contributed by atoms with Crippen LogP contribution in [0.2, 0.25) is 0 Å². The summed E-state index contributed by atoms with van der Waals surface area (Å²) in [7, 11) is 0. The van der Waals surface area contributed by atoms with Crippen LogP contribution in [-0.4, -0.2) is 0 Å². The topological polar surface area (TPSA) is 24.7 Å². The molecule has 0 atom stereocenters. The van der Waals surface area contributed by atoms with Gasteiger partial charge in [0.15, 0.2) is 0 Å². The standard InChI is InChI=1S/C23H11F3N2/c24-23(25,26)17-5-3-7-19-22(17)16-9-12-8-15-14-4-1-2-6-18(14)27-20(15)10-13(12)11-21(16)28-19/h1-11H. The Kier molecular flexibility index (Phi) is 2.82. The van der Waals surface area contributed by atoms with Crippen molar-refractivity contribution in [1.82, 2.24) is 0 Å². The Morgan fingerprint density at radius 1 is 0.643 bits per heavy atom. The first-order valence-electron chi connectivity index (χ1n) is 8.84. The average molecular weight is 372 g/mol. The van der Waals surface area contributed by atoms with Gasteiger partial charge in [-0.3, -0.25) is 0 Å². The maximum Gasteiger partial charge on any atom is 0.417 e. The minimum atomic E-state index is -4.42. The molecule has 0 aromatic heterocycles. The van der Waals surface area contributed by atoms with E-state index in [4.69, 9.17) is 0 Å². The van der Waals surface area contributed by atoms with Crippen LogP contribution in [0.3, 0.4) is 0 Å². The van der Waals surface area contributed by atoms with Gasteiger partial charge < -0.3 is 0 Å². The van der Waals surface area contributed by atoms with Crippen molar-refractivity contribution in [3.05, 3.63) is 93.4 Å². The van der Waals surface area contributed by atoms with E-state index in [0.29, 0.717) is 16.6 Å². The summed E-state index contributed by atoms with van der Waals surface area (Å²) in [5.74, 6) is 0. The lowest BCUT2D eigenvalue weighted by Crippen LogP contribution is -2.08. The maximum atomic E-state index is 13.5. The summed E-state index contributed by atoms with van der Waals surface area (Å²) < 4.78 is 40.6. The van der Waals surface area contributed by atoms with Crippen LogP contribution in [0.4, 0.5) is 24.5 Å². The first-order chi connectivity index (χ1) is 13.5. The molecule has 5 heteroatoms. The second-order valence-electron chi connectivity index (χ2n) is 7.02. The fraction of sp³-hybridized carbons (Fsp3) is 0.0435. The van der Waals surface area contributed by atoms with Crippen molar-refractivity contribution >= 4 is 22.1 Å². The van der Waals surface area contributed by atoms with Gasteiger partial charge in [-0.15, -0.1) is 0 Å². The zero-order valence-corrected chi connectivity index (χ0v) is 14.4. The molecule has 0 unspecified atom stereocenters. The first-order valence-corrected chi connectivity index (χ1v) is 8.84. The molecule has 6 rings (SSSR count). The molecule has 4 aromatic carbocycles. The van der Waals surface area contributed by atoms with Gasteiger partial charge >= 0.3 is 6.18 Å². The Labute approximate surface area is 156 Å². The molecular weight excluding hydrogens is 361 g/mol. The second-order valence-corrected chi connectivity index (χ2v) is 7.02. The molecule has 0 amide bonds. The predicted molar refractivity (Wildman–Crippen MR) is 100 cm³/mol. The molecule has 0 bridgehead atoms. The van der Waals surface area contributed by atoms with E-state index in [0.717, 1.165) is 38.3 Å². The van der Waals surface area contributed by atoms with Gasteiger partial charge in [-0.05, 0) is 53.2 Å².